The molecule has 1 aliphatic heterocycles. The molecule has 6 nitrogen and oxygen atoms in total. The van der Waals surface area contributed by atoms with Gasteiger partial charge in [0.05, 0.1) is 57.5 Å². The van der Waals surface area contributed by atoms with E-state index in [2.05, 4.69) is 117 Å². The summed E-state index contributed by atoms with van der Waals surface area (Å²) in [7, 11) is 0. The average molecular weight is 671 g/mol. The molecule has 1 aliphatic rings. The van der Waals surface area contributed by atoms with Crippen LogP contribution >= 0.6 is 0 Å². The van der Waals surface area contributed by atoms with Crippen molar-refractivity contribution in [2.24, 2.45) is 0 Å². The third kappa shape index (κ3) is 4.17. The molecule has 2 aromatic heterocycles. The van der Waals surface area contributed by atoms with E-state index in [1.165, 1.54) is 0 Å². The lowest BCUT2D eigenvalue weighted by Crippen LogP contribution is -2.54. The summed E-state index contributed by atoms with van der Waals surface area (Å²) in [4.78, 5) is 3.70. The normalized spacial score (nSPS) is 11.7. The quantitative estimate of drug-likeness (QED) is 0.139. The SMILES string of the molecule is [C-]#[N+]c1cc(C#N)c2c(c1)c1cc(C#N)cc(C#N)c1n2B1c2ccccc2-n2c3cc(-c4ccccc4)ccc3c3ccc(-c4ccccc4)c1c32. The summed E-state index contributed by atoms with van der Waals surface area (Å²) in [5.41, 5.74) is 12.0. The topological polar surface area (TPSA) is 85.6 Å². The first-order valence-corrected chi connectivity index (χ1v) is 17.2. The molecule has 10 rings (SSSR count). The van der Waals surface area contributed by atoms with Crippen LogP contribution in [0.5, 0.6) is 0 Å². The number of nitrogens with zero attached hydrogens (tertiary/aromatic N) is 6. The standard InChI is InChI=1S/C46H23BN6/c1-51-34-22-33(27-50)45-39(24-34)38-21-28(25-48)20-32(26-49)44(38)53(45)47-40-14-8-9-15-41(40)52-42-23-31(29-10-4-2-5-11-29)16-17-36(42)37-19-18-35(43(47)46(37)52)30-12-6-3-7-13-30/h2-24H. The van der Waals surface area contributed by atoms with Crippen LogP contribution in [0.4, 0.5) is 5.69 Å². The van der Waals surface area contributed by atoms with Crippen LogP contribution in [0.2, 0.25) is 0 Å². The zero-order valence-electron chi connectivity index (χ0n) is 28.0. The van der Waals surface area contributed by atoms with Gasteiger partial charge in [-0.05, 0) is 75.0 Å². The van der Waals surface area contributed by atoms with Gasteiger partial charge in [0.2, 0.25) is 0 Å². The van der Waals surface area contributed by atoms with Crippen molar-refractivity contribution in [2.75, 3.05) is 0 Å². The van der Waals surface area contributed by atoms with Crippen LogP contribution in [0.15, 0.2) is 140 Å². The van der Waals surface area contributed by atoms with Crippen molar-refractivity contribution in [3.05, 3.63) is 168 Å². The van der Waals surface area contributed by atoms with Gasteiger partial charge in [-0.3, -0.25) is 0 Å². The summed E-state index contributed by atoms with van der Waals surface area (Å²) < 4.78 is 4.51. The van der Waals surface area contributed by atoms with Gasteiger partial charge in [0.1, 0.15) is 6.07 Å². The Labute approximate surface area is 304 Å². The van der Waals surface area contributed by atoms with Crippen LogP contribution in [0.3, 0.4) is 0 Å². The molecular formula is C46H23BN6. The van der Waals surface area contributed by atoms with E-state index in [-0.39, 0.29) is 0 Å². The fourth-order valence-electron chi connectivity index (χ4n) is 8.54. The van der Waals surface area contributed by atoms with E-state index >= 15 is 0 Å². The van der Waals surface area contributed by atoms with Crippen molar-refractivity contribution in [1.29, 1.82) is 15.8 Å². The van der Waals surface area contributed by atoms with Gasteiger partial charge in [0.25, 0.3) is 0 Å². The molecule has 0 unspecified atom stereocenters. The lowest BCUT2D eigenvalue weighted by Gasteiger charge is -2.30. The Balaban J connectivity index is 1.44. The lowest BCUT2D eigenvalue weighted by atomic mass is 9.46. The first kappa shape index (κ1) is 30.0. The predicted molar refractivity (Wildman–Crippen MR) is 212 cm³/mol. The van der Waals surface area contributed by atoms with Crippen LogP contribution in [0, 0.1) is 40.6 Å². The molecule has 0 fully saturated rings. The van der Waals surface area contributed by atoms with Gasteiger partial charge in [0.15, 0.2) is 5.69 Å². The minimum atomic E-state index is -0.499. The van der Waals surface area contributed by atoms with E-state index < -0.39 is 6.85 Å². The van der Waals surface area contributed by atoms with E-state index in [0.717, 1.165) is 60.7 Å². The summed E-state index contributed by atoms with van der Waals surface area (Å²) in [5.74, 6) is 0. The fraction of sp³-hybridized carbons (Fsp3) is 0. The zero-order chi connectivity index (χ0) is 35.8. The van der Waals surface area contributed by atoms with Gasteiger partial charge in [-0.15, -0.1) is 0 Å². The molecule has 240 valence electrons. The average Bonchev–Trinajstić information content (AvgIpc) is 3.74. The highest BCUT2D eigenvalue weighted by molar-refractivity contribution is 6.89. The fourth-order valence-corrected chi connectivity index (χ4v) is 8.54. The Morgan fingerprint density at radius 2 is 1.21 bits per heavy atom. The van der Waals surface area contributed by atoms with Crippen molar-refractivity contribution in [2.45, 2.75) is 0 Å². The van der Waals surface area contributed by atoms with Gasteiger partial charge < -0.3 is 9.05 Å². The van der Waals surface area contributed by atoms with Crippen molar-refractivity contribution in [1.82, 2.24) is 9.05 Å². The third-order valence-corrected chi connectivity index (χ3v) is 10.6. The zero-order valence-corrected chi connectivity index (χ0v) is 28.0. The van der Waals surface area contributed by atoms with Gasteiger partial charge >= 0.3 is 6.85 Å². The molecule has 0 amide bonds. The second-order valence-corrected chi connectivity index (χ2v) is 13.3. The minimum absolute atomic E-state index is 0.319. The summed E-state index contributed by atoms with van der Waals surface area (Å²) >= 11 is 0. The second-order valence-electron chi connectivity index (χ2n) is 13.3. The van der Waals surface area contributed by atoms with Gasteiger partial charge in [-0.25, -0.2) is 4.85 Å². The molecule has 0 atom stereocenters. The highest BCUT2D eigenvalue weighted by atomic mass is 15.0. The third-order valence-electron chi connectivity index (χ3n) is 10.6. The number of fused-ring (bicyclic) bond motifs is 8. The maximum atomic E-state index is 10.7. The number of para-hydroxylation sites is 1. The summed E-state index contributed by atoms with van der Waals surface area (Å²) in [6, 6.07) is 53.9. The summed E-state index contributed by atoms with van der Waals surface area (Å²) in [6.45, 7) is 7.36. The van der Waals surface area contributed by atoms with E-state index in [9.17, 15) is 15.8 Å². The van der Waals surface area contributed by atoms with Crippen LogP contribution in [-0.4, -0.2) is 15.9 Å². The summed E-state index contributed by atoms with van der Waals surface area (Å²) in [6.07, 6.45) is 0. The highest BCUT2D eigenvalue weighted by Gasteiger charge is 2.39. The molecule has 0 N–H and O–H groups in total. The van der Waals surface area contributed by atoms with Crippen molar-refractivity contribution < 1.29 is 0 Å². The molecule has 0 aliphatic carbocycles. The number of benzene rings is 7. The van der Waals surface area contributed by atoms with Crippen molar-refractivity contribution in [3.8, 4) is 46.1 Å². The Morgan fingerprint density at radius 1 is 0.547 bits per heavy atom. The van der Waals surface area contributed by atoms with E-state index in [0.29, 0.717) is 44.2 Å². The number of nitriles is 3. The molecule has 3 heterocycles. The number of hydrogen-bond donors (Lipinski definition) is 0. The molecular weight excluding hydrogens is 647 g/mol. The predicted octanol–water partition coefficient (Wildman–Crippen LogP) is 9.36. The minimum Gasteiger partial charge on any atom is -0.374 e. The molecule has 7 heteroatoms. The molecule has 0 spiro atoms. The van der Waals surface area contributed by atoms with Gasteiger partial charge in [0, 0.05) is 21.8 Å². The number of aromatic nitrogens is 2. The monoisotopic (exact) mass is 670 g/mol. The Hall–Kier alpha value is -7.84. The maximum Gasteiger partial charge on any atom is 0.333 e. The molecule has 0 saturated heterocycles. The second kappa shape index (κ2) is 11.3. The molecule has 0 bridgehead atoms. The largest absolute Gasteiger partial charge is 0.374 e. The Bertz CT molecular complexity index is 3130. The van der Waals surface area contributed by atoms with E-state index in [4.69, 9.17) is 6.57 Å². The highest BCUT2D eigenvalue weighted by Crippen LogP contribution is 2.41. The first-order chi connectivity index (χ1) is 26.1. The van der Waals surface area contributed by atoms with Crippen LogP contribution in [0.1, 0.15) is 16.7 Å². The molecule has 0 saturated carbocycles. The summed E-state index contributed by atoms with van der Waals surface area (Å²) in [5, 5.41) is 35.0. The number of hydrogen-bond acceptors (Lipinski definition) is 3. The van der Waals surface area contributed by atoms with E-state index in [1.54, 1.807) is 24.3 Å². The Morgan fingerprint density at radius 3 is 1.92 bits per heavy atom. The maximum absolute atomic E-state index is 10.7. The molecule has 7 aromatic carbocycles. The molecule has 53 heavy (non-hydrogen) atoms. The van der Waals surface area contributed by atoms with Gasteiger partial charge in [-0.2, -0.15) is 15.8 Å². The van der Waals surface area contributed by atoms with Crippen LogP contribution in [-0.2, 0) is 0 Å². The Kier molecular flexibility index (Phi) is 6.43. The first-order valence-electron chi connectivity index (χ1n) is 17.2. The van der Waals surface area contributed by atoms with Crippen LogP contribution in [0.25, 0.3) is 76.4 Å². The van der Waals surface area contributed by atoms with E-state index in [1.807, 2.05) is 30.3 Å². The molecule has 0 radical (unpaired) electrons. The van der Waals surface area contributed by atoms with Crippen LogP contribution < -0.4 is 10.9 Å². The smallest absolute Gasteiger partial charge is 0.333 e. The number of rotatable bonds is 3. The van der Waals surface area contributed by atoms with Crippen molar-refractivity contribution >= 4 is 67.1 Å². The molecule has 9 aromatic rings. The van der Waals surface area contributed by atoms with Crippen molar-refractivity contribution in [3.63, 3.8) is 0 Å². The lowest BCUT2D eigenvalue weighted by molar-refractivity contribution is 1.18. The van der Waals surface area contributed by atoms with Gasteiger partial charge in [-0.1, -0.05) is 103 Å².